The van der Waals surface area contributed by atoms with Gasteiger partial charge in [0, 0.05) is 37.3 Å². The summed E-state index contributed by atoms with van der Waals surface area (Å²) in [5.41, 5.74) is 2.24. The number of hydrogen-bond donors (Lipinski definition) is 0. The van der Waals surface area contributed by atoms with E-state index in [2.05, 4.69) is 97.1 Å². The van der Waals surface area contributed by atoms with E-state index in [9.17, 15) is 0 Å². The smallest absolute Gasteiger partial charge is 0.0722 e. The zero-order chi connectivity index (χ0) is 20.4. The molecular weight excluding hydrogens is 394 g/mol. The van der Waals surface area contributed by atoms with Crippen LogP contribution in [0.25, 0.3) is 63.7 Å². The van der Waals surface area contributed by atoms with Crippen LogP contribution in [0.4, 0.5) is 0 Å². The van der Waals surface area contributed by atoms with Gasteiger partial charge in [-0.1, -0.05) is 66.7 Å². The molecule has 2 heterocycles. The van der Waals surface area contributed by atoms with E-state index in [0.717, 1.165) is 5.69 Å². The van der Waals surface area contributed by atoms with Crippen LogP contribution in [0.3, 0.4) is 0 Å². The first-order valence-electron chi connectivity index (χ1n) is 10.5. The Bertz CT molecular complexity index is 1790. The quantitative estimate of drug-likeness (QED) is 0.247. The van der Waals surface area contributed by atoms with E-state index in [0.29, 0.717) is 0 Å². The van der Waals surface area contributed by atoms with Crippen molar-refractivity contribution in [2.75, 3.05) is 0 Å². The fourth-order valence-corrected chi connectivity index (χ4v) is 5.92. The molecule has 2 heteroatoms. The molecule has 0 amide bonds. The third kappa shape index (κ3) is 2.59. The molecule has 7 aromatic rings. The lowest BCUT2D eigenvalue weighted by Gasteiger charge is -2.05. The molecule has 0 fully saturated rings. The van der Waals surface area contributed by atoms with Crippen LogP contribution >= 0.6 is 11.3 Å². The largest absolute Gasteiger partial charge is 0.256 e. The monoisotopic (exact) mass is 411 g/mol. The van der Waals surface area contributed by atoms with E-state index >= 15 is 0 Å². The van der Waals surface area contributed by atoms with Gasteiger partial charge in [0.25, 0.3) is 0 Å². The van der Waals surface area contributed by atoms with Crippen LogP contribution in [0.15, 0.2) is 103 Å². The Hall–Kier alpha value is -3.75. The van der Waals surface area contributed by atoms with Crippen molar-refractivity contribution in [3.8, 4) is 11.3 Å². The van der Waals surface area contributed by atoms with Gasteiger partial charge in [-0.05, 0) is 57.3 Å². The van der Waals surface area contributed by atoms with Crippen molar-refractivity contribution >= 4 is 63.8 Å². The summed E-state index contributed by atoms with van der Waals surface area (Å²) in [6.07, 6.45) is 1.98. The molecule has 0 saturated carbocycles. The first-order valence-corrected chi connectivity index (χ1v) is 11.3. The van der Waals surface area contributed by atoms with Gasteiger partial charge in [0.1, 0.15) is 0 Å². The predicted octanol–water partition coefficient (Wildman–Crippen LogP) is 8.58. The van der Waals surface area contributed by atoms with E-state index in [4.69, 9.17) is 4.98 Å². The summed E-state index contributed by atoms with van der Waals surface area (Å²) < 4.78 is 2.63. The highest BCUT2D eigenvalue weighted by Crippen LogP contribution is 2.41. The van der Waals surface area contributed by atoms with Crippen LogP contribution in [0.2, 0.25) is 0 Å². The number of aromatic nitrogens is 1. The van der Waals surface area contributed by atoms with Gasteiger partial charge in [-0.25, -0.2) is 0 Å². The molecule has 0 atom stereocenters. The Morgan fingerprint density at radius 1 is 0.516 bits per heavy atom. The molecule has 0 radical (unpaired) electrons. The molecule has 7 rings (SSSR count). The highest BCUT2D eigenvalue weighted by Gasteiger charge is 2.13. The molecule has 5 aromatic carbocycles. The van der Waals surface area contributed by atoms with Gasteiger partial charge >= 0.3 is 0 Å². The maximum absolute atomic E-state index is 4.80. The SMILES string of the molecule is c1ccc2cc(-c3cccc4c3sc3cc5cc6ccccc6cc5cc34)ncc2c1. The van der Waals surface area contributed by atoms with Crippen molar-refractivity contribution in [1.82, 2.24) is 4.98 Å². The van der Waals surface area contributed by atoms with E-state index in [-0.39, 0.29) is 0 Å². The molecule has 144 valence electrons. The fourth-order valence-electron chi connectivity index (χ4n) is 4.67. The van der Waals surface area contributed by atoms with Crippen molar-refractivity contribution in [2.45, 2.75) is 0 Å². The van der Waals surface area contributed by atoms with E-state index in [1.54, 1.807) is 0 Å². The lowest BCUT2D eigenvalue weighted by Crippen LogP contribution is -1.84. The third-order valence-electron chi connectivity index (χ3n) is 6.23. The number of benzene rings is 5. The second kappa shape index (κ2) is 6.37. The standard InChI is InChI=1S/C29H17NS/c1-2-7-19-13-23-16-28-26(14-22(23)12-18(19)6-1)24-10-5-11-25(29(24)31-28)27-15-20-8-3-4-9-21(20)17-30-27/h1-17H. The summed E-state index contributed by atoms with van der Waals surface area (Å²) >= 11 is 1.87. The van der Waals surface area contributed by atoms with Gasteiger partial charge in [-0.2, -0.15) is 0 Å². The molecule has 0 bridgehead atoms. The summed E-state index contributed by atoms with van der Waals surface area (Å²) in [7, 11) is 0. The number of thiophene rings is 1. The van der Waals surface area contributed by atoms with Gasteiger partial charge < -0.3 is 0 Å². The van der Waals surface area contributed by atoms with Crippen LogP contribution in [-0.4, -0.2) is 4.98 Å². The first kappa shape index (κ1) is 17.0. The average molecular weight is 412 g/mol. The Balaban J connectivity index is 1.52. The Morgan fingerprint density at radius 3 is 1.97 bits per heavy atom. The number of nitrogens with zero attached hydrogens (tertiary/aromatic N) is 1. The Kier molecular flexibility index (Phi) is 3.49. The normalized spacial score (nSPS) is 11.9. The first-order chi connectivity index (χ1) is 15.3. The summed E-state index contributed by atoms with van der Waals surface area (Å²) in [4.78, 5) is 4.80. The molecule has 0 spiro atoms. The topological polar surface area (TPSA) is 12.9 Å². The second-order valence-electron chi connectivity index (χ2n) is 8.10. The van der Waals surface area contributed by atoms with Gasteiger partial charge in [0.15, 0.2) is 0 Å². The maximum atomic E-state index is 4.80. The molecule has 0 unspecified atom stereocenters. The van der Waals surface area contributed by atoms with Gasteiger partial charge in [0.2, 0.25) is 0 Å². The van der Waals surface area contributed by atoms with Gasteiger partial charge in [0.05, 0.1) is 5.69 Å². The minimum absolute atomic E-state index is 1.03. The van der Waals surface area contributed by atoms with Crippen molar-refractivity contribution in [3.05, 3.63) is 103 Å². The highest BCUT2D eigenvalue weighted by molar-refractivity contribution is 7.26. The summed E-state index contributed by atoms with van der Waals surface area (Å²) in [6.45, 7) is 0. The van der Waals surface area contributed by atoms with Crippen LogP contribution < -0.4 is 0 Å². The van der Waals surface area contributed by atoms with Crippen molar-refractivity contribution < 1.29 is 0 Å². The number of hydrogen-bond acceptors (Lipinski definition) is 2. The molecule has 0 aliphatic heterocycles. The van der Waals surface area contributed by atoms with Crippen LogP contribution in [0.5, 0.6) is 0 Å². The maximum Gasteiger partial charge on any atom is 0.0722 e. The minimum Gasteiger partial charge on any atom is -0.256 e. The van der Waals surface area contributed by atoms with Crippen LogP contribution in [-0.2, 0) is 0 Å². The summed E-state index contributed by atoms with van der Waals surface area (Å²) in [5.74, 6) is 0. The van der Waals surface area contributed by atoms with Crippen molar-refractivity contribution in [1.29, 1.82) is 0 Å². The highest BCUT2D eigenvalue weighted by atomic mass is 32.1. The summed E-state index contributed by atoms with van der Waals surface area (Å²) in [5, 5.41) is 10.2. The molecular formula is C29H17NS. The lowest BCUT2D eigenvalue weighted by atomic mass is 10.0. The Morgan fingerprint density at radius 2 is 1.19 bits per heavy atom. The fraction of sp³-hybridized carbons (Fsp3) is 0. The second-order valence-corrected chi connectivity index (χ2v) is 9.15. The number of pyridine rings is 1. The molecule has 0 aliphatic carbocycles. The third-order valence-corrected chi connectivity index (χ3v) is 7.43. The number of rotatable bonds is 1. The lowest BCUT2D eigenvalue weighted by molar-refractivity contribution is 1.37. The van der Waals surface area contributed by atoms with E-state index in [1.165, 1.54) is 58.1 Å². The molecule has 1 nitrogen and oxygen atoms in total. The average Bonchev–Trinajstić information content (AvgIpc) is 3.18. The zero-order valence-electron chi connectivity index (χ0n) is 16.7. The Labute approximate surface area is 183 Å². The van der Waals surface area contributed by atoms with Gasteiger partial charge in [-0.3, -0.25) is 4.98 Å². The van der Waals surface area contributed by atoms with Crippen molar-refractivity contribution in [3.63, 3.8) is 0 Å². The molecule has 0 N–H and O–H groups in total. The van der Waals surface area contributed by atoms with Gasteiger partial charge in [-0.15, -0.1) is 11.3 Å². The molecule has 31 heavy (non-hydrogen) atoms. The molecule has 0 aliphatic rings. The molecule has 2 aromatic heterocycles. The zero-order valence-corrected chi connectivity index (χ0v) is 17.5. The van der Waals surface area contributed by atoms with E-state index < -0.39 is 0 Å². The van der Waals surface area contributed by atoms with Crippen LogP contribution in [0.1, 0.15) is 0 Å². The molecule has 0 saturated heterocycles. The summed E-state index contributed by atoms with van der Waals surface area (Å²) in [6, 6.07) is 35.1. The van der Waals surface area contributed by atoms with E-state index in [1.807, 2.05) is 17.5 Å². The van der Waals surface area contributed by atoms with Crippen LogP contribution in [0, 0.1) is 0 Å². The number of fused-ring (bicyclic) bond motifs is 6. The van der Waals surface area contributed by atoms with Crippen molar-refractivity contribution in [2.24, 2.45) is 0 Å². The minimum atomic E-state index is 1.03. The predicted molar refractivity (Wildman–Crippen MR) is 135 cm³/mol.